The lowest BCUT2D eigenvalue weighted by atomic mass is 9.92. The predicted molar refractivity (Wildman–Crippen MR) is 149 cm³/mol. The number of hydrogen-bond donors (Lipinski definition) is 4. The lowest BCUT2D eigenvalue weighted by Gasteiger charge is -2.32. The van der Waals surface area contributed by atoms with Crippen LogP contribution >= 0.6 is 0 Å². The van der Waals surface area contributed by atoms with E-state index in [1.807, 2.05) is 6.33 Å². The second-order valence-corrected chi connectivity index (χ2v) is 10.8. The van der Waals surface area contributed by atoms with E-state index in [0.717, 1.165) is 80.7 Å². The quantitative estimate of drug-likeness (QED) is 0.414. The molecule has 9 nitrogen and oxygen atoms in total. The normalized spacial score (nSPS) is 24.0. The first kappa shape index (κ1) is 27.1. The third-order valence-electron chi connectivity index (χ3n) is 8.20. The van der Waals surface area contributed by atoms with E-state index in [0.29, 0.717) is 18.1 Å². The summed E-state index contributed by atoms with van der Waals surface area (Å²) < 4.78 is 2.29. The van der Waals surface area contributed by atoms with Gasteiger partial charge < -0.3 is 26.4 Å². The van der Waals surface area contributed by atoms with Crippen LogP contribution in [0.4, 0.5) is 11.8 Å². The number of aromatic nitrogens is 4. The molecule has 1 saturated heterocycles. The van der Waals surface area contributed by atoms with Crippen molar-refractivity contribution in [2.75, 3.05) is 36.9 Å². The molecule has 2 aliphatic carbocycles. The maximum Gasteiger partial charge on any atom is 0.227 e. The molecule has 0 spiro atoms. The Morgan fingerprint density at radius 1 is 0.917 bits per heavy atom. The summed E-state index contributed by atoms with van der Waals surface area (Å²) in [6.07, 6.45) is 15.0. The van der Waals surface area contributed by atoms with Crippen molar-refractivity contribution in [1.29, 1.82) is 0 Å². The molecule has 0 aromatic carbocycles. The standard InChI is InChI=1S/C23H38N8.C4H11N/c1-2-16-11-13-30(14-12-16)29-21-20-22(31(15-25-20)19-5-3-4-6-19)28-23(27-21)26-18-9-7-17(24)8-10-18;1-3-5-4-2/h15-19H,2-14,24H2,1H3,(H2,26,27,28,29);5H,3-4H2,1-2H3. The van der Waals surface area contributed by atoms with Crippen molar-refractivity contribution in [3.05, 3.63) is 6.33 Å². The van der Waals surface area contributed by atoms with E-state index in [9.17, 15) is 0 Å². The van der Waals surface area contributed by atoms with Crippen molar-refractivity contribution in [3.63, 3.8) is 0 Å². The van der Waals surface area contributed by atoms with Crippen LogP contribution in [0.1, 0.15) is 97.4 Å². The van der Waals surface area contributed by atoms with Crippen molar-refractivity contribution in [3.8, 4) is 0 Å². The van der Waals surface area contributed by atoms with Crippen molar-refractivity contribution in [1.82, 2.24) is 29.8 Å². The van der Waals surface area contributed by atoms with Gasteiger partial charge in [0.05, 0.1) is 6.33 Å². The maximum absolute atomic E-state index is 6.10. The van der Waals surface area contributed by atoms with E-state index in [4.69, 9.17) is 20.7 Å². The van der Waals surface area contributed by atoms with Gasteiger partial charge in [0.2, 0.25) is 5.95 Å². The molecule has 9 heteroatoms. The molecule has 3 heterocycles. The number of nitrogens with one attached hydrogen (secondary N) is 3. The van der Waals surface area contributed by atoms with Gasteiger partial charge in [0.25, 0.3) is 0 Å². The Labute approximate surface area is 217 Å². The molecule has 2 aromatic heterocycles. The highest BCUT2D eigenvalue weighted by molar-refractivity contribution is 5.84. The fourth-order valence-corrected chi connectivity index (χ4v) is 5.81. The molecule has 5 rings (SSSR count). The number of anilines is 2. The SMILES string of the molecule is CCC1CCN(Nc2nc(NC3CCC(N)CC3)nc3c2ncn3C2CCCC2)CC1.CCNCC. The Balaban J connectivity index is 0.000000556. The average molecular weight is 500 g/mol. The van der Waals surface area contributed by atoms with Crippen molar-refractivity contribution < 1.29 is 0 Å². The van der Waals surface area contributed by atoms with E-state index >= 15 is 0 Å². The highest BCUT2D eigenvalue weighted by Gasteiger charge is 2.25. The number of nitrogens with zero attached hydrogens (tertiary/aromatic N) is 5. The fourth-order valence-electron chi connectivity index (χ4n) is 5.81. The first-order chi connectivity index (χ1) is 17.6. The monoisotopic (exact) mass is 499 g/mol. The van der Waals surface area contributed by atoms with Crippen LogP contribution in [0.5, 0.6) is 0 Å². The molecule has 0 unspecified atom stereocenters. The molecular weight excluding hydrogens is 450 g/mol. The van der Waals surface area contributed by atoms with Gasteiger partial charge >= 0.3 is 0 Å². The second-order valence-electron chi connectivity index (χ2n) is 10.8. The molecule has 2 aromatic rings. The molecule has 3 fully saturated rings. The number of piperidine rings is 1. The lowest BCUT2D eigenvalue weighted by Crippen LogP contribution is -2.38. The van der Waals surface area contributed by atoms with Crippen LogP contribution in [-0.2, 0) is 0 Å². The third-order valence-corrected chi connectivity index (χ3v) is 8.20. The molecule has 0 bridgehead atoms. The summed E-state index contributed by atoms with van der Waals surface area (Å²) in [5, 5.41) is 9.04. The number of hydrogen-bond acceptors (Lipinski definition) is 8. The van der Waals surface area contributed by atoms with E-state index in [2.05, 4.69) is 46.4 Å². The van der Waals surface area contributed by atoms with Gasteiger partial charge in [-0.05, 0) is 70.4 Å². The Morgan fingerprint density at radius 2 is 1.61 bits per heavy atom. The minimum atomic E-state index is 0.341. The van der Waals surface area contributed by atoms with E-state index in [-0.39, 0.29) is 0 Å². The summed E-state index contributed by atoms with van der Waals surface area (Å²) in [5.74, 6) is 2.41. The molecule has 2 saturated carbocycles. The Hall–Kier alpha value is -1.97. The number of rotatable bonds is 8. The summed E-state index contributed by atoms with van der Waals surface area (Å²) in [5.41, 5.74) is 11.6. The maximum atomic E-state index is 6.10. The molecule has 1 aliphatic heterocycles. The molecule has 0 amide bonds. The van der Waals surface area contributed by atoms with Gasteiger partial charge in [0.15, 0.2) is 17.0 Å². The van der Waals surface area contributed by atoms with Crippen molar-refractivity contribution in [2.24, 2.45) is 11.7 Å². The highest BCUT2D eigenvalue weighted by Crippen LogP contribution is 2.33. The average Bonchev–Trinajstić information content (AvgIpc) is 3.57. The first-order valence-corrected chi connectivity index (χ1v) is 14.6. The van der Waals surface area contributed by atoms with Crippen LogP contribution in [0.2, 0.25) is 0 Å². The highest BCUT2D eigenvalue weighted by atomic mass is 15.5. The van der Waals surface area contributed by atoms with Crippen molar-refractivity contribution in [2.45, 2.75) is 110 Å². The number of nitrogens with two attached hydrogens (primary N) is 1. The van der Waals surface area contributed by atoms with E-state index < -0.39 is 0 Å². The number of imidazole rings is 1. The van der Waals surface area contributed by atoms with Gasteiger partial charge in [-0.25, -0.2) is 9.99 Å². The fraction of sp³-hybridized carbons (Fsp3) is 0.815. The Bertz CT molecular complexity index is 905. The van der Waals surface area contributed by atoms with Gasteiger partial charge in [-0.2, -0.15) is 9.97 Å². The summed E-state index contributed by atoms with van der Waals surface area (Å²) in [6, 6.07) is 1.25. The van der Waals surface area contributed by atoms with Gasteiger partial charge in [-0.1, -0.05) is 40.0 Å². The number of fused-ring (bicyclic) bond motifs is 1. The van der Waals surface area contributed by atoms with Crippen molar-refractivity contribution >= 4 is 22.9 Å². The van der Waals surface area contributed by atoms with E-state index in [1.54, 1.807) is 0 Å². The predicted octanol–water partition coefficient (Wildman–Crippen LogP) is 4.69. The van der Waals surface area contributed by atoms with Gasteiger partial charge in [-0.15, -0.1) is 0 Å². The van der Waals surface area contributed by atoms with Crippen LogP contribution in [0.25, 0.3) is 11.2 Å². The van der Waals surface area contributed by atoms with Crippen LogP contribution in [-0.4, -0.2) is 62.8 Å². The van der Waals surface area contributed by atoms with E-state index in [1.165, 1.54) is 44.9 Å². The third kappa shape index (κ3) is 7.07. The van der Waals surface area contributed by atoms with Gasteiger partial charge in [-0.3, -0.25) is 0 Å². The molecule has 0 radical (unpaired) electrons. The molecule has 0 atom stereocenters. The van der Waals surface area contributed by atoms with Gasteiger partial charge in [0.1, 0.15) is 0 Å². The Morgan fingerprint density at radius 3 is 2.22 bits per heavy atom. The largest absolute Gasteiger partial charge is 0.351 e. The molecule has 36 heavy (non-hydrogen) atoms. The first-order valence-electron chi connectivity index (χ1n) is 14.6. The second kappa shape index (κ2) is 13.5. The molecule has 202 valence electrons. The smallest absolute Gasteiger partial charge is 0.227 e. The summed E-state index contributed by atoms with van der Waals surface area (Å²) in [6.45, 7) is 10.8. The summed E-state index contributed by atoms with van der Waals surface area (Å²) in [4.78, 5) is 14.6. The molecule has 5 N–H and O–H groups in total. The van der Waals surface area contributed by atoms with Crippen LogP contribution in [0.15, 0.2) is 6.33 Å². The van der Waals surface area contributed by atoms with Crippen LogP contribution in [0.3, 0.4) is 0 Å². The zero-order valence-corrected chi connectivity index (χ0v) is 22.8. The Kier molecular flexibility index (Phi) is 10.2. The zero-order valence-electron chi connectivity index (χ0n) is 22.8. The van der Waals surface area contributed by atoms with Crippen LogP contribution in [0, 0.1) is 5.92 Å². The number of hydrazine groups is 1. The summed E-state index contributed by atoms with van der Waals surface area (Å²) >= 11 is 0. The minimum Gasteiger partial charge on any atom is -0.351 e. The topological polar surface area (TPSA) is 109 Å². The molecular formula is C27H49N9. The van der Waals surface area contributed by atoms with Crippen LogP contribution < -0.4 is 21.8 Å². The van der Waals surface area contributed by atoms with Gasteiger partial charge in [0, 0.05) is 31.2 Å². The lowest BCUT2D eigenvalue weighted by molar-refractivity contribution is 0.213. The molecule has 3 aliphatic rings. The summed E-state index contributed by atoms with van der Waals surface area (Å²) in [7, 11) is 0. The minimum absolute atomic E-state index is 0.341. The zero-order chi connectivity index (χ0) is 25.3.